The Morgan fingerprint density at radius 3 is 2.47 bits per heavy atom. The minimum Gasteiger partial charge on any atom is -0.494 e. The number of methoxy groups -OCH3 is 1. The van der Waals surface area contributed by atoms with E-state index in [2.05, 4.69) is 34.5 Å². The molecule has 0 bridgehead atoms. The zero-order valence-corrected chi connectivity index (χ0v) is 19.7. The highest BCUT2D eigenvalue weighted by molar-refractivity contribution is 14.1. The zero-order chi connectivity index (χ0) is 23.3. The number of urea groups is 1. The highest BCUT2D eigenvalue weighted by Gasteiger charge is 2.36. The third kappa shape index (κ3) is 4.93. The van der Waals surface area contributed by atoms with Crippen LogP contribution in [0.4, 0.5) is 10.5 Å². The van der Waals surface area contributed by atoms with E-state index in [9.17, 15) is 14.4 Å². The lowest BCUT2D eigenvalue weighted by Gasteiger charge is -2.26. The van der Waals surface area contributed by atoms with Gasteiger partial charge in [-0.1, -0.05) is 12.7 Å². The molecule has 0 atom stereocenters. The van der Waals surface area contributed by atoms with Crippen molar-refractivity contribution >= 4 is 52.2 Å². The van der Waals surface area contributed by atoms with Gasteiger partial charge in [0.15, 0.2) is 11.5 Å². The van der Waals surface area contributed by atoms with Crippen molar-refractivity contribution in [2.45, 2.75) is 6.92 Å². The van der Waals surface area contributed by atoms with E-state index in [1.165, 1.54) is 13.2 Å². The van der Waals surface area contributed by atoms with Crippen LogP contribution in [0.15, 0.2) is 54.6 Å². The fourth-order valence-corrected chi connectivity index (χ4v) is 3.80. The summed E-state index contributed by atoms with van der Waals surface area (Å²) in [7, 11) is 1.49. The molecule has 2 aromatic carbocycles. The Kier molecular flexibility index (Phi) is 7.52. The Labute approximate surface area is 199 Å². The normalized spacial score (nSPS) is 14.9. The van der Waals surface area contributed by atoms with Crippen molar-refractivity contribution in [3.05, 3.63) is 63.8 Å². The van der Waals surface area contributed by atoms with Gasteiger partial charge >= 0.3 is 6.03 Å². The summed E-state index contributed by atoms with van der Waals surface area (Å²) in [6.07, 6.45) is 3.02. The van der Waals surface area contributed by atoms with E-state index >= 15 is 0 Å². The number of hydrogen-bond donors (Lipinski definition) is 1. The molecule has 1 aliphatic rings. The van der Waals surface area contributed by atoms with E-state index in [0.29, 0.717) is 41.7 Å². The number of amides is 4. The number of anilines is 1. The second-order valence-electron chi connectivity index (χ2n) is 6.52. The van der Waals surface area contributed by atoms with Gasteiger partial charge in [0.1, 0.15) is 17.9 Å². The minimum atomic E-state index is -0.818. The molecular weight excluding hydrogens is 527 g/mol. The number of barbiturate groups is 1. The van der Waals surface area contributed by atoms with Gasteiger partial charge in [0.05, 0.1) is 23.0 Å². The SMILES string of the molecule is C=CCOc1c(I)cc(/C=C2/C(=O)NC(=O)N(c3ccc(OCC)cc3)C2=O)cc1OC. The fraction of sp³-hybridized carbons (Fsp3) is 0.174. The Balaban J connectivity index is 1.97. The summed E-state index contributed by atoms with van der Waals surface area (Å²) in [5.41, 5.74) is 0.669. The first-order valence-corrected chi connectivity index (χ1v) is 10.7. The van der Waals surface area contributed by atoms with Crippen LogP contribution in [0.25, 0.3) is 6.08 Å². The zero-order valence-electron chi connectivity index (χ0n) is 17.5. The second-order valence-corrected chi connectivity index (χ2v) is 7.68. The molecule has 1 saturated heterocycles. The number of nitrogens with one attached hydrogen (secondary N) is 1. The molecule has 1 fully saturated rings. The smallest absolute Gasteiger partial charge is 0.335 e. The van der Waals surface area contributed by atoms with Crippen molar-refractivity contribution in [3.63, 3.8) is 0 Å². The van der Waals surface area contributed by atoms with Gasteiger partial charge in [0, 0.05) is 0 Å². The molecule has 9 heteroatoms. The number of imide groups is 2. The predicted molar refractivity (Wildman–Crippen MR) is 128 cm³/mol. The number of halogens is 1. The summed E-state index contributed by atoms with van der Waals surface area (Å²) in [5, 5.41) is 2.21. The van der Waals surface area contributed by atoms with Crippen LogP contribution >= 0.6 is 22.6 Å². The minimum absolute atomic E-state index is 0.184. The summed E-state index contributed by atoms with van der Waals surface area (Å²) in [5.74, 6) is 0.0647. The molecule has 0 aromatic heterocycles. The van der Waals surface area contributed by atoms with Crippen molar-refractivity contribution in [2.24, 2.45) is 0 Å². The topological polar surface area (TPSA) is 94.2 Å². The number of hydrogen-bond acceptors (Lipinski definition) is 6. The maximum Gasteiger partial charge on any atom is 0.335 e. The average Bonchev–Trinajstić information content (AvgIpc) is 2.76. The first kappa shape index (κ1) is 23.3. The maximum absolute atomic E-state index is 13.1. The van der Waals surface area contributed by atoms with Crippen molar-refractivity contribution in [3.8, 4) is 17.2 Å². The van der Waals surface area contributed by atoms with Gasteiger partial charge in [-0.2, -0.15) is 0 Å². The van der Waals surface area contributed by atoms with Gasteiger partial charge in [0.25, 0.3) is 11.8 Å². The van der Waals surface area contributed by atoms with Gasteiger partial charge in [0.2, 0.25) is 0 Å². The fourth-order valence-electron chi connectivity index (χ4n) is 3.02. The summed E-state index contributed by atoms with van der Waals surface area (Å²) in [6, 6.07) is 9.02. The second kappa shape index (κ2) is 10.3. The van der Waals surface area contributed by atoms with Gasteiger partial charge in [-0.25, -0.2) is 9.69 Å². The monoisotopic (exact) mass is 548 g/mol. The van der Waals surface area contributed by atoms with Crippen molar-refractivity contribution in [2.75, 3.05) is 25.2 Å². The highest BCUT2D eigenvalue weighted by Crippen LogP contribution is 2.35. The molecule has 3 rings (SSSR count). The van der Waals surface area contributed by atoms with Crippen LogP contribution in [0.2, 0.25) is 0 Å². The molecule has 32 heavy (non-hydrogen) atoms. The Morgan fingerprint density at radius 1 is 1.12 bits per heavy atom. The summed E-state index contributed by atoms with van der Waals surface area (Å²) >= 11 is 2.08. The standard InChI is InChI=1S/C23H21IN2O6/c1-4-10-32-20-18(24)12-14(13-19(20)30-3)11-17-21(27)25-23(29)26(22(17)28)15-6-8-16(9-7-15)31-5-2/h4,6-9,11-13H,1,5,10H2,2-3H3,(H,25,27,29)/b17-11-. The van der Waals surface area contributed by atoms with Crippen molar-refractivity contribution in [1.82, 2.24) is 5.32 Å². The van der Waals surface area contributed by atoms with E-state index in [1.807, 2.05) is 6.92 Å². The van der Waals surface area contributed by atoms with E-state index in [4.69, 9.17) is 14.2 Å². The van der Waals surface area contributed by atoms with Crippen LogP contribution in [-0.2, 0) is 9.59 Å². The van der Waals surface area contributed by atoms with E-state index in [0.717, 1.165) is 8.47 Å². The lowest BCUT2D eigenvalue weighted by atomic mass is 10.1. The van der Waals surface area contributed by atoms with Crippen LogP contribution in [0.3, 0.4) is 0 Å². The first-order valence-electron chi connectivity index (χ1n) is 9.65. The Morgan fingerprint density at radius 2 is 1.84 bits per heavy atom. The largest absolute Gasteiger partial charge is 0.494 e. The lowest BCUT2D eigenvalue weighted by molar-refractivity contribution is -0.122. The molecule has 1 heterocycles. The maximum atomic E-state index is 13.1. The Bertz CT molecular complexity index is 1090. The molecule has 1 N–H and O–H groups in total. The van der Waals surface area contributed by atoms with E-state index in [1.54, 1.807) is 42.5 Å². The Hall–Kier alpha value is -3.34. The number of carbonyl (C=O) groups is 3. The molecular formula is C23H21IN2O6. The summed E-state index contributed by atoms with van der Waals surface area (Å²) < 4.78 is 17.1. The molecule has 2 aromatic rings. The predicted octanol–water partition coefficient (Wildman–Crippen LogP) is 3.93. The average molecular weight is 548 g/mol. The van der Waals surface area contributed by atoms with Crippen LogP contribution < -0.4 is 24.4 Å². The lowest BCUT2D eigenvalue weighted by Crippen LogP contribution is -2.54. The van der Waals surface area contributed by atoms with Crippen molar-refractivity contribution in [1.29, 1.82) is 0 Å². The highest BCUT2D eigenvalue weighted by atomic mass is 127. The number of benzene rings is 2. The number of rotatable bonds is 8. The van der Waals surface area contributed by atoms with Crippen LogP contribution in [0.5, 0.6) is 17.2 Å². The molecule has 1 aliphatic heterocycles. The van der Waals surface area contributed by atoms with Gasteiger partial charge < -0.3 is 14.2 Å². The third-order valence-corrected chi connectivity index (χ3v) is 5.22. The number of ether oxygens (including phenoxy) is 3. The van der Waals surface area contributed by atoms with Crippen LogP contribution in [0.1, 0.15) is 12.5 Å². The molecule has 0 spiro atoms. The summed E-state index contributed by atoms with van der Waals surface area (Å²) in [6.45, 7) is 6.27. The van der Waals surface area contributed by atoms with E-state index in [-0.39, 0.29) is 5.57 Å². The molecule has 0 unspecified atom stereocenters. The van der Waals surface area contributed by atoms with Gasteiger partial charge in [-0.05, 0) is 77.6 Å². The van der Waals surface area contributed by atoms with Crippen LogP contribution in [-0.4, -0.2) is 38.2 Å². The quantitative estimate of drug-likeness (QED) is 0.233. The molecule has 166 valence electrons. The number of carbonyl (C=O) groups excluding carboxylic acids is 3. The molecule has 0 radical (unpaired) electrons. The first-order chi connectivity index (χ1) is 15.4. The number of nitrogens with zero attached hydrogens (tertiary/aromatic N) is 1. The summed E-state index contributed by atoms with van der Waals surface area (Å²) in [4.78, 5) is 38.8. The van der Waals surface area contributed by atoms with E-state index < -0.39 is 17.8 Å². The molecule has 4 amide bonds. The van der Waals surface area contributed by atoms with Gasteiger partial charge in [-0.3, -0.25) is 14.9 Å². The third-order valence-electron chi connectivity index (χ3n) is 4.42. The van der Waals surface area contributed by atoms with Crippen LogP contribution in [0, 0.1) is 3.57 Å². The molecule has 0 aliphatic carbocycles. The van der Waals surface area contributed by atoms with Gasteiger partial charge in [-0.15, -0.1) is 0 Å². The molecule has 0 saturated carbocycles. The molecule has 8 nitrogen and oxygen atoms in total. The van der Waals surface area contributed by atoms with Crippen molar-refractivity contribution < 1.29 is 28.6 Å².